The van der Waals surface area contributed by atoms with Crippen LogP contribution in [0, 0.1) is 0 Å². The van der Waals surface area contributed by atoms with E-state index in [1.165, 1.54) is 16.7 Å². The van der Waals surface area contributed by atoms with Crippen LogP contribution in [-0.4, -0.2) is 19.0 Å². The van der Waals surface area contributed by atoms with Gasteiger partial charge in [-0.2, -0.15) is 0 Å². The predicted octanol–water partition coefficient (Wildman–Crippen LogP) is 5.75. The Morgan fingerprint density at radius 3 is 1.97 bits per heavy atom. The van der Waals surface area contributed by atoms with Gasteiger partial charge in [0.1, 0.15) is 5.75 Å². The van der Waals surface area contributed by atoms with Crippen LogP contribution in [0.15, 0.2) is 42.5 Å². The minimum atomic E-state index is -0.0676. The molecule has 0 amide bonds. The van der Waals surface area contributed by atoms with Crippen LogP contribution in [0.4, 0.5) is 5.69 Å². The molecule has 0 bridgehead atoms. The first-order chi connectivity index (χ1) is 13.5. The molecule has 2 aromatic carbocycles. The van der Waals surface area contributed by atoms with E-state index in [-0.39, 0.29) is 17.6 Å². The third-order valence-corrected chi connectivity index (χ3v) is 4.82. The molecule has 0 unspecified atom stereocenters. The minimum absolute atomic E-state index is 0.0676. The number of anilines is 1. The molecule has 4 nitrogen and oxygen atoms in total. The Hall–Kier alpha value is -2.11. The van der Waals surface area contributed by atoms with Crippen molar-refractivity contribution in [2.45, 2.75) is 58.9 Å². The van der Waals surface area contributed by atoms with E-state index in [1.54, 1.807) is 7.11 Å². The van der Waals surface area contributed by atoms with Crippen molar-refractivity contribution >= 4 is 23.0 Å². The summed E-state index contributed by atoms with van der Waals surface area (Å²) in [6, 6.07) is 14.3. The number of nitrogens with one attached hydrogen (secondary N) is 2. The summed E-state index contributed by atoms with van der Waals surface area (Å²) in [4.78, 5) is 0. The van der Waals surface area contributed by atoms with E-state index in [4.69, 9.17) is 21.7 Å². The molecule has 0 radical (unpaired) electrons. The summed E-state index contributed by atoms with van der Waals surface area (Å²) in [6.07, 6.45) is 0. The number of thiocarbonyl (C=S) groups is 1. The second kappa shape index (κ2) is 9.59. The van der Waals surface area contributed by atoms with Gasteiger partial charge in [0.15, 0.2) is 11.9 Å². The Balaban J connectivity index is 2.30. The van der Waals surface area contributed by atoms with Gasteiger partial charge in [-0.3, -0.25) is 0 Å². The lowest BCUT2D eigenvalue weighted by Gasteiger charge is -2.30. The Morgan fingerprint density at radius 1 is 0.931 bits per heavy atom. The lowest BCUT2D eigenvalue weighted by atomic mass is 9.78. The zero-order valence-corrected chi connectivity index (χ0v) is 19.5. The molecule has 29 heavy (non-hydrogen) atoms. The van der Waals surface area contributed by atoms with Gasteiger partial charge in [0.05, 0.1) is 0 Å². The van der Waals surface area contributed by atoms with Crippen molar-refractivity contribution in [1.82, 2.24) is 5.32 Å². The quantitative estimate of drug-likeness (QED) is 0.465. The first kappa shape index (κ1) is 23.2. The Kier molecular flexibility index (Phi) is 7.66. The molecule has 0 fully saturated rings. The number of hydrogen-bond acceptors (Lipinski definition) is 3. The minimum Gasteiger partial charge on any atom is -0.467 e. The van der Waals surface area contributed by atoms with Gasteiger partial charge >= 0.3 is 0 Å². The van der Waals surface area contributed by atoms with Crippen LogP contribution in [0.5, 0.6) is 5.75 Å². The number of hydrogen-bond donors (Lipinski definition) is 2. The van der Waals surface area contributed by atoms with E-state index >= 15 is 0 Å². The largest absolute Gasteiger partial charge is 0.467 e. The highest BCUT2D eigenvalue weighted by Gasteiger charge is 2.28. The monoisotopic (exact) mass is 414 g/mol. The maximum atomic E-state index is 6.05. The lowest BCUT2D eigenvalue weighted by molar-refractivity contribution is 0.0484. The summed E-state index contributed by atoms with van der Waals surface area (Å²) in [5.41, 5.74) is 4.34. The number of para-hydroxylation sites is 1. The fourth-order valence-corrected chi connectivity index (χ4v) is 3.25. The van der Waals surface area contributed by atoms with Crippen molar-refractivity contribution in [1.29, 1.82) is 0 Å². The molecule has 5 heteroatoms. The third kappa shape index (κ3) is 6.72. The normalized spacial score (nSPS) is 11.8. The van der Waals surface area contributed by atoms with Gasteiger partial charge in [-0.15, -0.1) is 0 Å². The van der Waals surface area contributed by atoms with E-state index in [0.29, 0.717) is 11.7 Å². The van der Waals surface area contributed by atoms with Crippen molar-refractivity contribution in [3.63, 3.8) is 0 Å². The Bertz CT molecular complexity index is 786. The lowest BCUT2D eigenvalue weighted by Crippen LogP contribution is -2.28. The Labute approximate surface area is 181 Å². The molecule has 0 aliphatic heterocycles. The van der Waals surface area contributed by atoms with Crippen molar-refractivity contribution in [2.24, 2.45) is 0 Å². The fraction of sp³-hybridized carbons (Fsp3) is 0.458. The number of benzene rings is 2. The second-order valence-corrected chi connectivity index (χ2v) is 9.65. The topological polar surface area (TPSA) is 42.5 Å². The highest BCUT2D eigenvalue weighted by atomic mass is 32.1. The van der Waals surface area contributed by atoms with Crippen LogP contribution in [0.3, 0.4) is 0 Å². The molecule has 0 aromatic heterocycles. The summed E-state index contributed by atoms with van der Waals surface area (Å²) < 4.78 is 11.2. The van der Waals surface area contributed by atoms with E-state index in [1.807, 2.05) is 30.3 Å². The first-order valence-electron chi connectivity index (χ1n) is 9.92. The number of rotatable bonds is 6. The second-order valence-electron chi connectivity index (χ2n) is 9.24. The van der Waals surface area contributed by atoms with Crippen molar-refractivity contribution in [3.05, 3.63) is 59.2 Å². The third-order valence-electron chi connectivity index (χ3n) is 4.57. The molecule has 0 saturated heterocycles. The number of ether oxygens (including phenoxy) is 2. The molecule has 158 valence electrons. The van der Waals surface area contributed by atoms with E-state index in [9.17, 15) is 0 Å². The van der Waals surface area contributed by atoms with Crippen molar-refractivity contribution < 1.29 is 9.47 Å². The SMILES string of the molecule is COCOc1c(C(C)(C)C)cc(CNC(=S)Nc2ccccc2)cc1C(C)(C)C. The van der Waals surface area contributed by atoms with Crippen LogP contribution in [0.1, 0.15) is 58.2 Å². The van der Waals surface area contributed by atoms with Gasteiger partial charge in [0, 0.05) is 30.5 Å². The first-order valence-corrected chi connectivity index (χ1v) is 10.3. The van der Waals surface area contributed by atoms with Crippen molar-refractivity contribution in [2.75, 3.05) is 19.2 Å². The van der Waals surface area contributed by atoms with Gasteiger partial charge in [0.2, 0.25) is 0 Å². The average molecular weight is 415 g/mol. The summed E-state index contributed by atoms with van der Waals surface area (Å²) in [7, 11) is 1.65. The maximum Gasteiger partial charge on any atom is 0.188 e. The fourth-order valence-electron chi connectivity index (χ4n) is 3.06. The number of methoxy groups -OCH3 is 1. The Morgan fingerprint density at radius 2 is 1.48 bits per heavy atom. The highest BCUT2D eigenvalue weighted by molar-refractivity contribution is 7.80. The maximum absolute atomic E-state index is 6.05. The van der Waals surface area contributed by atoms with Crippen LogP contribution >= 0.6 is 12.2 Å². The molecular formula is C24H34N2O2S. The standard InChI is InChI=1S/C24H34N2O2S/c1-23(2,3)19-13-17(14-20(24(4,5)6)21(19)28-16-27-7)15-25-22(29)26-18-11-9-8-10-12-18/h8-14H,15-16H2,1-7H3,(H2,25,26,29). The van der Waals surface area contributed by atoms with E-state index in [2.05, 4.69) is 64.3 Å². The van der Waals surface area contributed by atoms with Gasteiger partial charge in [-0.1, -0.05) is 59.7 Å². The summed E-state index contributed by atoms with van der Waals surface area (Å²) in [6.45, 7) is 14.1. The molecule has 0 heterocycles. The molecule has 2 aromatic rings. The van der Waals surface area contributed by atoms with Crippen molar-refractivity contribution in [3.8, 4) is 5.75 Å². The van der Waals surface area contributed by atoms with Gasteiger partial charge in [-0.05, 0) is 52.9 Å². The summed E-state index contributed by atoms with van der Waals surface area (Å²) >= 11 is 5.47. The summed E-state index contributed by atoms with van der Waals surface area (Å²) in [5, 5.41) is 7.14. The smallest absolute Gasteiger partial charge is 0.188 e. The predicted molar refractivity (Wildman–Crippen MR) is 126 cm³/mol. The van der Waals surface area contributed by atoms with Gasteiger partial charge in [0.25, 0.3) is 0 Å². The average Bonchev–Trinajstić information content (AvgIpc) is 2.63. The molecule has 0 saturated carbocycles. The molecular weight excluding hydrogens is 380 g/mol. The van der Waals surface area contributed by atoms with Gasteiger partial charge < -0.3 is 20.1 Å². The zero-order chi connectivity index (χ0) is 21.7. The molecule has 2 rings (SSSR count). The zero-order valence-electron chi connectivity index (χ0n) is 18.7. The molecule has 2 N–H and O–H groups in total. The molecule has 0 aliphatic rings. The van der Waals surface area contributed by atoms with Crippen LogP contribution in [0.2, 0.25) is 0 Å². The van der Waals surface area contributed by atoms with Crippen LogP contribution in [0.25, 0.3) is 0 Å². The molecule has 0 spiro atoms. The van der Waals surface area contributed by atoms with E-state index in [0.717, 1.165) is 11.4 Å². The van der Waals surface area contributed by atoms with Crippen LogP contribution in [-0.2, 0) is 22.1 Å². The summed E-state index contributed by atoms with van der Waals surface area (Å²) in [5.74, 6) is 0.917. The van der Waals surface area contributed by atoms with Gasteiger partial charge in [-0.25, -0.2) is 0 Å². The molecule has 0 aliphatic carbocycles. The van der Waals surface area contributed by atoms with Crippen LogP contribution < -0.4 is 15.4 Å². The van der Waals surface area contributed by atoms with E-state index < -0.39 is 0 Å². The molecule has 0 atom stereocenters. The highest BCUT2D eigenvalue weighted by Crippen LogP contribution is 2.40.